The van der Waals surface area contributed by atoms with Crippen LogP contribution >= 0.6 is 22.6 Å². The van der Waals surface area contributed by atoms with Gasteiger partial charge in [0.25, 0.3) is 0 Å². The van der Waals surface area contributed by atoms with Crippen molar-refractivity contribution in [1.82, 2.24) is 10.6 Å². The monoisotopic (exact) mass is 402 g/mol. The molecule has 2 amide bonds. The Bertz CT molecular complexity index is 284. The molecule has 2 N–H and O–H groups in total. The van der Waals surface area contributed by atoms with Crippen molar-refractivity contribution in [1.29, 1.82) is 0 Å². The predicted molar refractivity (Wildman–Crippen MR) is 85.4 cm³/mol. The Balaban J connectivity index is 3.53. The van der Waals surface area contributed by atoms with Crippen molar-refractivity contribution in [2.45, 2.75) is 25.7 Å². The minimum atomic E-state index is -1.20. The highest BCUT2D eigenvalue weighted by Crippen LogP contribution is 2.07. The number of hydrogen-bond donors (Lipinski definition) is 2. The highest BCUT2D eigenvalue weighted by molar-refractivity contribution is 14.1. The molecule has 0 saturated heterocycles. The van der Waals surface area contributed by atoms with Crippen molar-refractivity contribution in [3.8, 4) is 0 Å². The third-order valence-corrected chi connectivity index (χ3v) is 4.22. The van der Waals surface area contributed by atoms with Crippen LogP contribution in [0.2, 0.25) is 25.7 Å². The molecule has 0 rings (SSSR count). The van der Waals surface area contributed by atoms with E-state index in [1.165, 1.54) is 0 Å². The third kappa shape index (κ3) is 13.9. The zero-order valence-electron chi connectivity index (χ0n) is 11.8. The summed E-state index contributed by atoms with van der Waals surface area (Å²) in [6.07, 6.45) is -0.554. The second-order valence-corrected chi connectivity index (χ2v) is 11.8. The van der Waals surface area contributed by atoms with Gasteiger partial charge >= 0.3 is 6.09 Å². The first kappa shape index (κ1) is 18.6. The van der Waals surface area contributed by atoms with Crippen LogP contribution in [0.1, 0.15) is 0 Å². The highest BCUT2D eigenvalue weighted by Gasteiger charge is 2.14. The lowest BCUT2D eigenvalue weighted by Crippen LogP contribution is -2.38. The van der Waals surface area contributed by atoms with Gasteiger partial charge in [0.2, 0.25) is 5.91 Å². The molecule has 0 aromatic carbocycles. The van der Waals surface area contributed by atoms with Gasteiger partial charge in [-0.15, -0.1) is 0 Å². The quantitative estimate of drug-likeness (QED) is 0.202. The fraction of sp³-hybridized carbons (Fsp3) is 0.818. The van der Waals surface area contributed by atoms with Gasteiger partial charge in [0.1, 0.15) is 13.3 Å². The molecule has 6 nitrogen and oxygen atoms in total. The van der Waals surface area contributed by atoms with Crippen LogP contribution in [0.15, 0.2) is 0 Å². The van der Waals surface area contributed by atoms with Crippen molar-refractivity contribution in [3.05, 3.63) is 0 Å². The van der Waals surface area contributed by atoms with Crippen LogP contribution in [0.5, 0.6) is 0 Å². The van der Waals surface area contributed by atoms with Crippen LogP contribution in [0.3, 0.4) is 0 Å². The van der Waals surface area contributed by atoms with Crippen LogP contribution in [-0.4, -0.2) is 51.0 Å². The molecule has 0 bridgehead atoms. The fourth-order valence-corrected chi connectivity index (χ4v) is 2.00. The Kier molecular flexibility index (Phi) is 10.2. The topological polar surface area (TPSA) is 76.7 Å². The molecular weight excluding hydrogens is 379 g/mol. The third-order valence-electron chi connectivity index (χ3n) is 2.07. The maximum atomic E-state index is 11.3. The summed E-state index contributed by atoms with van der Waals surface area (Å²) in [6.45, 7) is 7.68. The molecule has 0 aromatic rings. The van der Waals surface area contributed by atoms with Crippen LogP contribution < -0.4 is 10.6 Å². The Hall–Kier alpha value is -0.353. The zero-order chi connectivity index (χ0) is 14.7. The van der Waals surface area contributed by atoms with Gasteiger partial charge in [-0.1, -0.05) is 42.2 Å². The number of nitrogens with one attached hydrogen (secondary N) is 2. The molecule has 0 unspecified atom stereocenters. The molecular formula is C11H23IN2O4Si. The van der Waals surface area contributed by atoms with Crippen molar-refractivity contribution >= 4 is 42.7 Å². The highest BCUT2D eigenvalue weighted by atomic mass is 127. The summed E-state index contributed by atoms with van der Waals surface area (Å²) in [5, 5.41) is 4.92. The normalized spacial score (nSPS) is 10.9. The Morgan fingerprint density at radius 1 is 1.16 bits per heavy atom. The lowest BCUT2D eigenvalue weighted by atomic mass is 10.6. The smallest absolute Gasteiger partial charge is 0.407 e. The summed E-state index contributed by atoms with van der Waals surface area (Å²) in [4.78, 5) is 22.6. The van der Waals surface area contributed by atoms with E-state index in [1.54, 1.807) is 0 Å². The molecule has 0 atom stereocenters. The van der Waals surface area contributed by atoms with Gasteiger partial charge in [0.15, 0.2) is 0 Å². The standard InChI is InChI=1S/C11H23IN2O4Si/c1-19(2,3)7-6-18-11(16)13-8-10(15)14-9-17-5-4-12/h4-9H2,1-3H3,(H,13,16)(H,14,15). The lowest BCUT2D eigenvalue weighted by Gasteiger charge is -2.15. The number of alkyl halides is 1. The summed E-state index contributed by atoms with van der Waals surface area (Å²) in [7, 11) is -1.20. The van der Waals surface area contributed by atoms with E-state index in [2.05, 4.69) is 52.9 Å². The Morgan fingerprint density at radius 3 is 2.42 bits per heavy atom. The molecule has 0 spiro atoms. The van der Waals surface area contributed by atoms with Crippen LogP contribution in [0.4, 0.5) is 4.79 Å². The van der Waals surface area contributed by atoms with Crippen LogP contribution in [0, 0.1) is 0 Å². The number of alkyl carbamates (subject to hydrolysis) is 1. The van der Waals surface area contributed by atoms with Gasteiger partial charge in [-0.05, 0) is 6.04 Å². The molecule has 19 heavy (non-hydrogen) atoms. The van der Waals surface area contributed by atoms with Gasteiger partial charge in [0, 0.05) is 12.5 Å². The van der Waals surface area contributed by atoms with E-state index < -0.39 is 14.2 Å². The summed E-state index contributed by atoms with van der Waals surface area (Å²) >= 11 is 2.18. The fourth-order valence-electron chi connectivity index (χ4n) is 0.974. The number of carbonyl (C=O) groups is 2. The molecule has 0 aromatic heterocycles. The number of ether oxygens (including phenoxy) is 2. The molecule has 0 heterocycles. The molecule has 0 aliphatic rings. The number of rotatable bonds is 9. The minimum Gasteiger partial charge on any atom is -0.450 e. The number of halogens is 1. The van der Waals surface area contributed by atoms with Gasteiger partial charge in [0.05, 0.1) is 13.2 Å². The predicted octanol–water partition coefficient (Wildman–Crippen LogP) is 1.58. The van der Waals surface area contributed by atoms with Crippen molar-refractivity contribution in [2.24, 2.45) is 0 Å². The maximum Gasteiger partial charge on any atom is 0.407 e. The average Bonchev–Trinajstić information content (AvgIpc) is 2.30. The molecule has 8 heteroatoms. The second kappa shape index (κ2) is 10.4. The Morgan fingerprint density at radius 2 is 1.84 bits per heavy atom. The summed E-state index contributed by atoms with van der Waals surface area (Å²) in [5.41, 5.74) is 0. The van der Waals surface area contributed by atoms with Crippen molar-refractivity contribution < 1.29 is 19.1 Å². The summed E-state index contributed by atoms with van der Waals surface area (Å²) in [5.74, 6) is -0.296. The van der Waals surface area contributed by atoms with E-state index in [-0.39, 0.29) is 19.2 Å². The molecule has 0 aliphatic carbocycles. The van der Waals surface area contributed by atoms with Gasteiger partial charge < -0.3 is 20.1 Å². The molecule has 0 fully saturated rings. The van der Waals surface area contributed by atoms with Crippen LogP contribution in [-0.2, 0) is 14.3 Å². The lowest BCUT2D eigenvalue weighted by molar-refractivity contribution is -0.121. The first-order valence-corrected chi connectivity index (χ1v) is 11.4. The SMILES string of the molecule is C[Si](C)(C)CCOC(=O)NCC(=O)NCOCCI. The molecule has 112 valence electrons. The molecule has 0 saturated carbocycles. The molecule has 0 radical (unpaired) electrons. The summed E-state index contributed by atoms with van der Waals surface area (Å²) < 4.78 is 10.9. The van der Waals surface area contributed by atoms with E-state index in [4.69, 9.17) is 9.47 Å². The average molecular weight is 402 g/mol. The second-order valence-electron chi connectivity index (χ2n) is 5.14. The van der Waals surface area contributed by atoms with E-state index in [1.807, 2.05) is 0 Å². The Labute approximate surface area is 129 Å². The maximum absolute atomic E-state index is 11.3. The van der Waals surface area contributed by atoms with E-state index in [9.17, 15) is 9.59 Å². The number of amides is 2. The zero-order valence-corrected chi connectivity index (χ0v) is 14.9. The minimum absolute atomic E-state index is 0.0978. The van der Waals surface area contributed by atoms with E-state index in [0.717, 1.165) is 10.5 Å². The summed E-state index contributed by atoms with van der Waals surface area (Å²) in [6, 6.07) is 0.913. The van der Waals surface area contributed by atoms with Gasteiger partial charge in [-0.25, -0.2) is 4.79 Å². The largest absolute Gasteiger partial charge is 0.450 e. The van der Waals surface area contributed by atoms with Crippen LogP contribution in [0.25, 0.3) is 0 Å². The van der Waals surface area contributed by atoms with E-state index in [0.29, 0.717) is 13.2 Å². The van der Waals surface area contributed by atoms with Crippen molar-refractivity contribution in [2.75, 3.05) is 30.9 Å². The number of hydrogen-bond acceptors (Lipinski definition) is 4. The van der Waals surface area contributed by atoms with Gasteiger partial charge in [-0.2, -0.15) is 0 Å². The van der Waals surface area contributed by atoms with Gasteiger partial charge in [-0.3, -0.25) is 4.79 Å². The molecule has 0 aliphatic heterocycles. The van der Waals surface area contributed by atoms with Crippen molar-refractivity contribution in [3.63, 3.8) is 0 Å². The number of carbonyl (C=O) groups excluding carboxylic acids is 2. The van der Waals surface area contributed by atoms with E-state index >= 15 is 0 Å². The first-order valence-electron chi connectivity index (χ1n) is 6.16. The first-order chi connectivity index (χ1) is 8.85.